The molecule has 0 atom stereocenters. The molecule has 5 heteroatoms. The third kappa shape index (κ3) is 6.80. The molecule has 0 amide bonds. The molecular weight excluding hydrogens is 282 g/mol. The minimum atomic E-state index is -0.386. The second-order valence-electron chi connectivity index (χ2n) is 5.07. The van der Waals surface area contributed by atoms with Gasteiger partial charge in [0.25, 0.3) is 0 Å². The number of esters is 1. The number of nitriles is 1. The van der Waals surface area contributed by atoms with Crippen LogP contribution in [-0.2, 0) is 9.53 Å². The molecule has 0 radical (unpaired) electrons. The number of methoxy groups -OCH3 is 1. The van der Waals surface area contributed by atoms with Crippen LogP contribution >= 0.6 is 0 Å². The third-order valence-corrected chi connectivity index (χ3v) is 2.79. The molecule has 0 N–H and O–H groups in total. The van der Waals surface area contributed by atoms with Gasteiger partial charge in [0.2, 0.25) is 0 Å². The van der Waals surface area contributed by atoms with Crippen molar-refractivity contribution in [2.75, 3.05) is 20.3 Å². The van der Waals surface area contributed by atoms with Crippen LogP contribution in [0, 0.1) is 17.2 Å². The van der Waals surface area contributed by atoms with Gasteiger partial charge in [0.05, 0.1) is 13.7 Å². The minimum Gasteiger partial charge on any atom is -0.497 e. The van der Waals surface area contributed by atoms with Crippen molar-refractivity contribution in [2.45, 2.75) is 20.3 Å². The van der Waals surface area contributed by atoms with Gasteiger partial charge < -0.3 is 14.2 Å². The van der Waals surface area contributed by atoms with Crippen LogP contribution in [0.1, 0.15) is 25.8 Å². The summed E-state index contributed by atoms with van der Waals surface area (Å²) >= 11 is 0. The first-order chi connectivity index (χ1) is 10.5. The molecule has 5 nitrogen and oxygen atoms in total. The van der Waals surface area contributed by atoms with Gasteiger partial charge in [-0.2, -0.15) is 5.26 Å². The van der Waals surface area contributed by atoms with Crippen LogP contribution in [0.25, 0.3) is 6.08 Å². The Kier molecular flexibility index (Phi) is 7.55. The molecule has 1 aromatic rings. The highest BCUT2D eigenvalue weighted by atomic mass is 16.5. The van der Waals surface area contributed by atoms with E-state index < -0.39 is 0 Å². The fourth-order valence-corrected chi connectivity index (χ4v) is 1.61. The zero-order valence-corrected chi connectivity index (χ0v) is 13.2. The molecule has 0 aliphatic heterocycles. The van der Waals surface area contributed by atoms with Crippen molar-refractivity contribution in [1.29, 1.82) is 5.26 Å². The van der Waals surface area contributed by atoms with Crippen LogP contribution in [0.2, 0.25) is 0 Å². The highest BCUT2D eigenvalue weighted by Gasteiger charge is 2.03. The molecule has 0 aromatic heterocycles. The van der Waals surface area contributed by atoms with Crippen LogP contribution in [-0.4, -0.2) is 26.3 Å². The fraction of sp³-hybridized carbons (Fsp3) is 0.412. The van der Waals surface area contributed by atoms with E-state index in [0.717, 1.165) is 12.0 Å². The van der Waals surface area contributed by atoms with Gasteiger partial charge in [-0.05, 0) is 36.1 Å². The first-order valence-corrected chi connectivity index (χ1v) is 7.08. The topological polar surface area (TPSA) is 68.6 Å². The summed E-state index contributed by atoms with van der Waals surface area (Å²) in [5.74, 6) is 1.20. The van der Waals surface area contributed by atoms with Crippen molar-refractivity contribution >= 4 is 12.0 Å². The Labute approximate surface area is 131 Å². The molecule has 0 bridgehead atoms. The lowest BCUT2D eigenvalue weighted by Gasteiger charge is -2.07. The van der Waals surface area contributed by atoms with E-state index in [9.17, 15) is 4.79 Å². The Morgan fingerprint density at radius 1 is 1.32 bits per heavy atom. The predicted octanol–water partition coefficient (Wildman–Crippen LogP) is 3.20. The Morgan fingerprint density at radius 3 is 2.68 bits per heavy atom. The smallest absolute Gasteiger partial charge is 0.330 e. The lowest BCUT2D eigenvalue weighted by Crippen LogP contribution is -2.04. The molecule has 0 saturated carbocycles. The maximum absolute atomic E-state index is 11.6. The summed E-state index contributed by atoms with van der Waals surface area (Å²) in [7, 11) is 1.54. The number of hydrogen-bond donors (Lipinski definition) is 0. The molecule has 1 aromatic carbocycles. The predicted molar refractivity (Wildman–Crippen MR) is 83.6 cm³/mol. The van der Waals surface area contributed by atoms with E-state index in [2.05, 4.69) is 13.8 Å². The van der Waals surface area contributed by atoms with E-state index in [1.54, 1.807) is 24.3 Å². The summed E-state index contributed by atoms with van der Waals surface area (Å²) in [4.78, 5) is 11.6. The van der Waals surface area contributed by atoms with Crippen LogP contribution in [0.3, 0.4) is 0 Å². The van der Waals surface area contributed by atoms with Crippen molar-refractivity contribution in [1.82, 2.24) is 0 Å². The summed E-state index contributed by atoms with van der Waals surface area (Å²) in [5.41, 5.74) is 0.730. The number of rotatable bonds is 8. The number of benzene rings is 1. The molecule has 0 heterocycles. The van der Waals surface area contributed by atoms with Gasteiger partial charge in [0.15, 0.2) is 6.61 Å². The van der Waals surface area contributed by atoms with E-state index in [1.807, 2.05) is 6.07 Å². The van der Waals surface area contributed by atoms with Crippen LogP contribution in [0.5, 0.6) is 11.5 Å². The molecule has 0 aliphatic rings. The molecule has 118 valence electrons. The van der Waals surface area contributed by atoms with Crippen LogP contribution in [0.15, 0.2) is 24.3 Å². The average molecular weight is 303 g/mol. The van der Waals surface area contributed by atoms with Gasteiger partial charge in [-0.25, -0.2) is 4.79 Å². The number of hydrogen-bond acceptors (Lipinski definition) is 5. The van der Waals surface area contributed by atoms with E-state index in [0.29, 0.717) is 24.0 Å². The lowest BCUT2D eigenvalue weighted by molar-refractivity contribution is -0.137. The third-order valence-electron chi connectivity index (χ3n) is 2.79. The summed E-state index contributed by atoms with van der Waals surface area (Å²) in [6, 6.07) is 7.06. The normalized spacial score (nSPS) is 10.5. The molecule has 1 rings (SSSR count). The van der Waals surface area contributed by atoms with Gasteiger partial charge in [0, 0.05) is 12.1 Å². The highest BCUT2D eigenvalue weighted by molar-refractivity contribution is 5.87. The molecule has 0 spiro atoms. The van der Waals surface area contributed by atoms with Gasteiger partial charge in [-0.3, -0.25) is 0 Å². The quantitative estimate of drug-likeness (QED) is 0.545. The van der Waals surface area contributed by atoms with Gasteiger partial charge in [0.1, 0.15) is 17.6 Å². The SMILES string of the molecule is COc1cc(/C=C/C(=O)OCCC(C)C)cc(OCC#N)c1. The zero-order chi connectivity index (χ0) is 16.4. The fourth-order valence-electron chi connectivity index (χ4n) is 1.61. The summed E-state index contributed by atoms with van der Waals surface area (Å²) < 4.78 is 15.5. The van der Waals surface area contributed by atoms with E-state index in [4.69, 9.17) is 19.5 Å². The van der Waals surface area contributed by atoms with Crippen molar-refractivity contribution in [2.24, 2.45) is 5.92 Å². The Hall–Kier alpha value is -2.48. The summed E-state index contributed by atoms with van der Waals surface area (Å²) in [6.07, 6.45) is 3.83. The molecule has 22 heavy (non-hydrogen) atoms. The summed E-state index contributed by atoms with van der Waals surface area (Å²) in [5, 5.41) is 8.54. The minimum absolute atomic E-state index is 0.0480. The number of nitrogens with zero attached hydrogens (tertiary/aromatic N) is 1. The van der Waals surface area contributed by atoms with Crippen molar-refractivity contribution in [3.05, 3.63) is 29.8 Å². The van der Waals surface area contributed by atoms with Crippen LogP contribution in [0.4, 0.5) is 0 Å². The van der Waals surface area contributed by atoms with Gasteiger partial charge in [-0.1, -0.05) is 13.8 Å². The molecule has 0 fully saturated rings. The second kappa shape index (κ2) is 9.46. The second-order valence-corrected chi connectivity index (χ2v) is 5.07. The molecule has 0 unspecified atom stereocenters. The first-order valence-electron chi connectivity index (χ1n) is 7.08. The maximum Gasteiger partial charge on any atom is 0.330 e. The maximum atomic E-state index is 11.6. The Morgan fingerprint density at radius 2 is 2.05 bits per heavy atom. The van der Waals surface area contributed by atoms with E-state index in [1.165, 1.54) is 13.2 Å². The standard InChI is InChI=1S/C17H21NO4/c1-13(2)6-8-22-17(19)5-4-14-10-15(20-3)12-16(11-14)21-9-7-18/h4-5,10-13H,6,8-9H2,1-3H3/b5-4+. The number of ether oxygens (including phenoxy) is 3. The lowest BCUT2D eigenvalue weighted by atomic mass is 10.1. The van der Waals surface area contributed by atoms with Crippen molar-refractivity contribution < 1.29 is 19.0 Å². The van der Waals surface area contributed by atoms with E-state index >= 15 is 0 Å². The highest BCUT2D eigenvalue weighted by Crippen LogP contribution is 2.23. The number of carbonyl (C=O) groups is 1. The largest absolute Gasteiger partial charge is 0.497 e. The van der Waals surface area contributed by atoms with E-state index in [-0.39, 0.29) is 12.6 Å². The molecule has 0 saturated heterocycles. The van der Waals surface area contributed by atoms with Crippen molar-refractivity contribution in [3.63, 3.8) is 0 Å². The monoisotopic (exact) mass is 303 g/mol. The Bertz CT molecular complexity index is 558. The molecular formula is C17H21NO4. The molecule has 0 aliphatic carbocycles. The van der Waals surface area contributed by atoms with Gasteiger partial charge in [-0.15, -0.1) is 0 Å². The van der Waals surface area contributed by atoms with Gasteiger partial charge >= 0.3 is 5.97 Å². The zero-order valence-electron chi connectivity index (χ0n) is 13.2. The number of carbonyl (C=O) groups excluding carboxylic acids is 1. The van der Waals surface area contributed by atoms with Crippen LogP contribution < -0.4 is 9.47 Å². The Balaban J connectivity index is 2.68. The average Bonchev–Trinajstić information content (AvgIpc) is 2.50. The van der Waals surface area contributed by atoms with Crippen molar-refractivity contribution in [3.8, 4) is 17.6 Å². The first kappa shape index (κ1) is 17.6. The summed E-state index contributed by atoms with van der Waals surface area (Å²) in [6.45, 7) is 4.51.